The van der Waals surface area contributed by atoms with Crippen LogP contribution in [0.15, 0.2) is 11.1 Å². The summed E-state index contributed by atoms with van der Waals surface area (Å²) in [6.07, 6.45) is 1.36. The fraction of sp³-hybridized carbons (Fsp3) is 0.375. The first-order valence-electron chi connectivity index (χ1n) is 4.32. The number of rotatable bonds is 1. The Bertz CT molecular complexity index is 538. The number of anilines is 1. The maximum absolute atomic E-state index is 11.7. The van der Waals surface area contributed by atoms with Crippen LogP contribution in [0.1, 0.15) is 6.92 Å². The van der Waals surface area contributed by atoms with Crippen LogP contribution in [0.25, 0.3) is 11.2 Å². The molecule has 0 atom stereocenters. The molecule has 0 amide bonds. The van der Waals surface area contributed by atoms with Crippen LogP contribution in [0.5, 0.6) is 0 Å². The maximum Gasteiger partial charge on any atom is 0.330 e. The summed E-state index contributed by atoms with van der Waals surface area (Å²) >= 11 is 0. The third kappa shape index (κ3) is 0.935. The minimum Gasteiger partial charge on any atom is -0.382 e. The van der Waals surface area contributed by atoms with Crippen molar-refractivity contribution >= 4 is 17.0 Å². The van der Waals surface area contributed by atoms with Gasteiger partial charge in [-0.05, 0) is 6.92 Å². The fourth-order valence-corrected chi connectivity index (χ4v) is 1.55. The molecule has 2 aromatic heterocycles. The highest BCUT2D eigenvalue weighted by Crippen LogP contribution is 2.13. The number of aryl methyl sites for hydroxylation is 2. The van der Waals surface area contributed by atoms with Gasteiger partial charge in [-0.1, -0.05) is 0 Å². The van der Waals surface area contributed by atoms with Gasteiger partial charge in [-0.15, -0.1) is 0 Å². The van der Waals surface area contributed by atoms with E-state index in [9.17, 15) is 4.79 Å². The molecule has 0 spiro atoms. The molecule has 2 aromatic rings. The van der Waals surface area contributed by atoms with E-state index >= 15 is 0 Å². The van der Waals surface area contributed by atoms with E-state index in [0.717, 1.165) is 0 Å². The Labute approximate surface area is 80.0 Å². The van der Waals surface area contributed by atoms with Gasteiger partial charge >= 0.3 is 5.69 Å². The van der Waals surface area contributed by atoms with Gasteiger partial charge in [0, 0.05) is 13.6 Å². The van der Waals surface area contributed by atoms with Crippen LogP contribution in [-0.2, 0) is 13.6 Å². The molecule has 0 aliphatic rings. The second kappa shape index (κ2) is 2.83. The smallest absolute Gasteiger partial charge is 0.330 e. The van der Waals surface area contributed by atoms with Gasteiger partial charge in [0.1, 0.15) is 11.8 Å². The van der Waals surface area contributed by atoms with Crippen LogP contribution in [0.2, 0.25) is 0 Å². The molecule has 14 heavy (non-hydrogen) atoms. The Morgan fingerprint density at radius 2 is 2.21 bits per heavy atom. The predicted molar refractivity (Wildman–Crippen MR) is 52.9 cm³/mol. The van der Waals surface area contributed by atoms with Crippen LogP contribution < -0.4 is 11.4 Å². The SMILES string of the molecule is CCn1c(=O)n(C)c2c(N)ncnc21. The normalized spacial score (nSPS) is 11.0. The van der Waals surface area contributed by atoms with Gasteiger partial charge in [0.15, 0.2) is 11.5 Å². The van der Waals surface area contributed by atoms with Crippen molar-refractivity contribution in [3.05, 3.63) is 16.8 Å². The lowest BCUT2D eigenvalue weighted by Crippen LogP contribution is -2.21. The number of aromatic nitrogens is 4. The molecule has 0 unspecified atom stereocenters. The van der Waals surface area contributed by atoms with Crippen molar-refractivity contribution in [3.63, 3.8) is 0 Å². The molecule has 2 N–H and O–H groups in total. The molecule has 0 aromatic carbocycles. The third-order valence-corrected chi connectivity index (χ3v) is 2.26. The van der Waals surface area contributed by atoms with Gasteiger partial charge < -0.3 is 5.73 Å². The third-order valence-electron chi connectivity index (χ3n) is 2.26. The molecule has 2 heterocycles. The van der Waals surface area contributed by atoms with Gasteiger partial charge in [-0.2, -0.15) is 0 Å². The zero-order chi connectivity index (χ0) is 10.3. The first kappa shape index (κ1) is 8.74. The van der Waals surface area contributed by atoms with E-state index in [2.05, 4.69) is 9.97 Å². The van der Waals surface area contributed by atoms with Gasteiger partial charge in [-0.3, -0.25) is 9.13 Å². The number of hydrogen-bond donors (Lipinski definition) is 1. The number of nitrogens with zero attached hydrogens (tertiary/aromatic N) is 4. The molecule has 2 rings (SSSR count). The predicted octanol–water partition coefficient (Wildman–Crippen LogP) is -0.268. The fourth-order valence-electron chi connectivity index (χ4n) is 1.55. The second-order valence-corrected chi connectivity index (χ2v) is 3.02. The van der Waals surface area contributed by atoms with Gasteiger partial charge in [0.05, 0.1) is 0 Å². The van der Waals surface area contributed by atoms with Crippen molar-refractivity contribution in [2.45, 2.75) is 13.5 Å². The number of fused-ring (bicyclic) bond motifs is 1. The highest BCUT2D eigenvalue weighted by molar-refractivity contribution is 5.81. The average Bonchev–Trinajstić information content (AvgIpc) is 2.41. The van der Waals surface area contributed by atoms with E-state index in [0.29, 0.717) is 23.5 Å². The Hall–Kier alpha value is -1.85. The summed E-state index contributed by atoms with van der Waals surface area (Å²) in [4.78, 5) is 19.6. The highest BCUT2D eigenvalue weighted by atomic mass is 16.1. The highest BCUT2D eigenvalue weighted by Gasteiger charge is 2.12. The van der Waals surface area contributed by atoms with E-state index in [1.807, 2.05) is 6.92 Å². The summed E-state index contributed by atoms with van der Waals surface area (Å²) in [5.41, 5.74) is 6.74. The lowest BCUT2D eigenvalue weighted by Gasteiger charge is -1.96. The molecule has 6 nitrogen and oxygen atoms in total. The molecule has 0 saturated carbocycles. The number of imidazole rings is 1. The van der Waals surface area contributed by atoms with Crippen molar-refractivity contribution in [1.82, 2.24) is 19.1 Å². The van der Waals surface area contributed by atoms with Crippen molar-refractivity contribution in [3.8, 4) is 0 Å². The van der Waals surface area contributed by atoms with Crippen LogP contribution in [0.3, 0.4) is 0 Å². The van der Waals surface area contributed by atoms with Crippen molar-refractivity contribution in [1.29, 1.82) is 0 Å². The lowest BCUT2D eigenvalue weighted by molar-refractivity contribution is 0.707. The summed E-state index contributed by atoms with van der Waals surface area (Å²) in [6.45, 7) is 2.46. The average molecular weight is 193 g/mol. The lowest BCUT2D eigenvalue weighted by atomic mass is 10.5. The van der Waals surface area contributed by atoms with Gasteiger partial charge in [0.2, 0.25) is 0 Å². The summed E-state index contributed by atoms with van der Waals surface area (Å²) in [5.74, 6) is 0.335. The molecule has 0 saturated heterocycles. The van der Waals surface area contributed by atoms with Crippen molar-refractivity contribution in [2.24, 2.45) is 7.05 Å². The molecular weight excluding hydrogens is 182 g/mol. The van der Waals surface area contributed by atoms with E-state index in [1.165, 1.54) is 10.9 Å². The van der Waals surface area contributed by atoms with Gasteiger partial charge in [0.25, 0.3) is 0 Å². The Balaban J connectivity index is 3.03. The monoisotopic (exact) mass is 193 g/mol. The molecule has 0 fully saturated rings. The topological polar surface area (TPSA) is 78.7 Å². The standard InChI is InChI=1S/C8H11N5O/c1-3-13-7-5(12(2)8(13)14)6(9)10-4-11-7/h4H,3H2,1-2H3,(H2,9,10,11). The maximum atomic E-state index is 11.7. The molecule has 0 radical (unpaired) electrons. The largest absolute Gasteiger partial charge is 0.382 e. The van der Waals surface area contributed by atoms with E-state index < -0.39 is 0 Å². The molecule has 0 bridgehead atoms. The Kier molecular flexibility index (Phi) is 1.77. The van der Waals surface area contributed by atoms with Crippen LogP contribution in [-0.4, -0.2) is 19.1 Å². The van der Waals surface area contributed by atoms with Crippen LogP contribution in [0.4, 0.5) is 5.82 Å². The number of nitrogen functional groups attached to an aromatic ring is 1. The van der Waals surface area contributed by atoms with Gasteiger partial charge in [-0.25, -0.2) is 14.8 Å². The van der Waals surface area contributed by atoms with Crippen LogP contribution >= 0.6 is 0 Å². The second-order valence-electron chi connectivity index (χ2n) is 3.02. The number of nitrogens with two attached hydrogens (primary N) is 1. The first-order chi connectivity index (χ1) is 6.66. The number of hydrogen-bond acceptors (Lipinski definition) is 4. The van der Waals surface area contributed by atoms with E-state index in [4.69, 9.17) is 5.73 Å². The quantitative estimate of drug-likeness (QED) is 0.676. The molecule has 74 valence electrons. The van der Waals surface area contributed by atoms with Crippen molar-refractivity contribution in [2.75, 3.05) is 5.73 Å². The Morgan fingerprint density at radius 1 is 1.50 bits per heavy atom. The van der Waals surface area contributed by atoms with Crippen molar-refractivity contribution < 1.29 is 0 Å². The zero-order valence-electron chi connectivity index (χ0n) is 8.06. The summed E-state index contributed by atoms with van der Waals surface area (Å²) < 4.78 is 3.03. The zero-order valence-corrected chi connectivity index (χ0v) is 8.06. The van der Waals surface area contributed by atoms with E-state index in [1.54, 1.807) is 11.6 Å². The summed E-state index contributed by atoms with van der Waals surface area (Å²) in [5, 5.41) is 0. The molecule has 0 aliphatic heterocycles. The minimum atomic E-state index is -0.116. The van der Waals surface area contributed by atoms with Crippen LogP contribution in [0, 0.1) is 0 Å². The summed E-state index contributed by atoms with van der Waals surface area (Å²) in [6, 6.07) is 0. The molecule has 6 heteroatoms. The summed E-state index contributed by atoms with van der Waals surface area (Å²) in [7, 11) is 1.66. The molecular formula is C8H11N5O. The minimum absolute atomic E-state index is 0.116. The molecule has 0 aliphatic carbocycles. The Morgan fingerprint density at radius 3 is 2.86 bits per heavy atom. The van der Waals surface area contributed by atoms with E-state index in [-0.39, 0.29) is 5.69 Å². The first-order valence-corrected chi connectivity index (χ1v) is 4.32.